The van der Waals surface area contributed by atoms with Crippen LogP contribution in [0.1, 0.15) is 17.0 Å². The topological polar surface area (TPSA) is 66.6 Å². The van der Waals surface area contributed by atoms with E-state index in [0.717, 1.165) is 11.1 Å². The number of halogens is 2. The molecule has 0 spiro atoms. The molecule has 0 aliphatic heterocycles. The maximum absolute atomic E-state index is 12.4. The lowest BCUT2D eigenvalue weighted by Gasteiger charge is -2.10. The third kappa shape index (κ3) is 4.72. The summed E-state index contributed by atoms with van der Waals surface area (Å²) < 4.78 is 45.2. The van der Waals surface area contributed by atoms with Crippen LogP contribution < -0.4 is 14.2 Å². The van der Waals surface area contributed by atoms with E-state index in [2.05, 4.69) is 14.9 Å². The fourth-order valence-corrected chi connectivity index (χ4v) is 2.59. The van der Waals surface area contributed by atoms with E-state index in [1.165, 1.54) is 19.2 Å². The van der Waals surface area contributed by atoms with Gasteiger partial charge in [0.2, 0.25) is 5.82 Å². The molecule has 6 nitrogen and oxygen atoms in total. The monoisotopic (exact) mass is 376 g/mol. The number of alkyl halides is 2. The van der Waals surface area contributed by atoms with Gasteiger partial charge in [-0.3, -0.25) is 0 Å². The van der Waals surface area contributed by atoms with Crippen LogP contribution in [-0.2, 0) is 6.61 Å². The van der Waals surface area contributed by atoms with Crippen molar-refractivity contribution in [3.8, 4) is 28.6 Å². The van der Waals surface area contributed by atoms with Crippen LogP contribution in [0.3, 0.4) is 0 Å². The Morgan fingerprint density at radius 3 is 2.44 bits per heavy atom. The Labute approximate surface area is 154 Å². The van der Waals surface area contributed by atoms with E-state index in [0.29, 0.717) is 11.3 Å². The number of methoxy groups -OCH3 is 1. The second-order valence-corrected chi connectivity index (χ2v) is 5.87. The number of nitrogens with zero attached hydrogens (tertiary/aromatic N) is 2. The molecule has 27 heavy (non-hydrogen) atoms. The summed E-state index contributed by atoms with van der Waals surface area (Å²) in [5.41, 5.74) is 2.72. The number of hydrogen-bond donors (Lipinski definition) is 0. The molecule has 0 aliphatic rings. The zero-order chi connectivity index (χ0) is 19.4. The average molecular weight is 376 g/mol. The minimum Gasteiger partial charge on any atom is -0.493 e. The van der Waals surface area contributed by atoms with Gasteiger partial charge in [-0.15, -0.1) is 0 Å². The Morgan fingerprint density at radius 2 is 1.78 bits per heavy atom. The summed E-state index contributed by atoms with van der Waals surface area (Å²) in [6.45, 7) is 1.14. The van der Waals surface area contributed by atoms with Gasteiger partial charge in [-0.1, -0.05) is 11.2 Å². The van der Waals surface area contributed by atoms with Gasteiger partial charge in [-0.25, -0.2) is 0 Å². The Bertz CT molecular complexity index is 908. The molecule has 2 aromatic carbocycles. The maximum Gasteiger partial charge on any atom is 0.387 e. The van der Waals surface area contributed by atoms with Crippen LogP contribution in [0.5, 0.6) is 17.2 Å². The van der Waals surface area contributed by atoms with Gasteiger partial charge in [0.25, 0.3) is 5.89 Å². The van der Waals surface area contributed by atoms with Gasteiger partial charge in [-0.05, 0) is 55.3 Å². The van der Waals surface area contributed by atoms with Crippen molar-refractivity contribution >= 4 is 0 Å². The Balaban J connectivity index is 1.73. The van der Waals surface area contributed by atoms with Crippen LogP contribution in [0.15, 0.2) is 40.9 Å². The zero-order valence-corrected chi connectivity index (χ0v) is 15.0. The molecule has 0 saturated heterocycles. The number of aromatic nitrogens is 2. The van der Waals surface area contributed by atoms with Crippen LogP contribution in [-0.4, -0.2) is 23.9 Å². The first-order valence-corrected chi connectivity index (χ1v) is 8.11. The maximum atomic E-state index is 12.4. The molecule has 0 atom stereocenters. The Kier molecular flexibility index (Phi) is 5.54. The standard InChI is InChI=1S/C19H18F2N2O4/c1-11-6-12(2)8-14(7-11)25-10-17-22-18(23-27-17)13-4-5-15(26-19(20)21)16(9-13)24-3/h4-9,19H,10H2,1-3H3. The molecular weight excluding hydrogens is 358 g/mol. The number of benzene rings is 2. The number of ether oxygens (including phenoxy) is 3. The van der Waals surface area contributed by atoms with Crippen LogP contribution in [0.2, 0.25) is 0 Å². The lowest BCUT2D eigenvalue weighted by molar-refractivity contribution is -0.0512. The van der Waals surface area contributed by atoms with Crippen molar-refractivity contribution < 1.29 is 27.5 Å². The van der Waals surface area contributed by atoms with Crippen molar-refractivity contribution in [3.05, 3.63) is 53.4 Å². The van der Waals surface area contributed by atoms with Crippen LogP contribution in [0, 0.1) is 13.8 Å². The fourth-order valence-electron chi connectivity index (χ4n) is 2.59. The van der Waals surface area contributed by atoms with E-state index in [1.54, 1.807) is 6.07 Å². The predicted octanol–water partition coefficient (Wildman–Crippen LogP) is 4.54. The van der Waals surface area contributed by atoms with Crippen molar-refractivity contribution in [3.63, 3.8) is 0 Å². The number of hydrogen-bond acceptors (Lipinski definition) is 6. The lowest BCUT2D eigenvalue weighted by atomic mass is 10.1. The molecule has 8 heteroatoms. The summed E-state index contributed by atoms with van der Waals surface area (Å²) in [6.07, 6.45) is 0. The van der Waals surface area contributed by atoms with E-state index in [4.69, 9.17) is 14.0 Å². The van der Waals surface area contributed by atoms with Crippen LogP contribution >= 0.6 is 0 Å². The van der Waals surface area contributed by atoms with Crippen molar-refractivity contribution in [2.45, 2.75) is 27.1 Å². The van der Waals surface area contributed by atoms with Gasteiger partial charge < -0.3 is 18.7 Å². The first kappa shape index (κ1) is 18.6. The Hall–Kier alpha value is -3.16. The van der Waals surface area contributed by atoms with Crippen molar-refractivity contribution in [2.75, 3.05) is 7.11 Å². The summed E-state index contributed by atoms with van der Waals surface area (Å²) in [6, 6.07) is 10.3. The molecule has 3 aromatic rings. The molecule has 0 bridgehead atoms. The van der Waals surface area contributed by atoms with Crippen molar-refractivity contribution in [1.82, 2.24) is 10.1 Å². The van der Waals surface area contributed by atoms with Gasteiger partial charge in [0.1, 0.15) is 5.75 Å². The van der Waals surface area contributed by atoms with E-state index in [-0.39, 0.29) is 29.8 Å². The molecule has 1 heterocycles. The predicted molar refractivity (Wildman–Crippen MR) is 93.2 cm³/mol. The summed E-state index contributed by atoms with van der Waals surface area (Å²) in [7, 11) is 1.36. The fraction of sp³-hybridized carbons (Fsp3) is 0.263. The van der Waals surface area contributed by atoms with Crippen molar-refractivity contribution in [1.29, 1.82) is 0 Å². The lowest BCUT2D eigenvalue weighted by Crippen LogP contribution is -2.03. The highest BCUT2D eigenvalue weighted by Crippen LogP contribution is 2.32. The van der Waals surface area contributed by atoms with Gasteiger partial charge in [0.05, 0.1) is 7.11 Å². The molecule has 1 aromatic heterocycles. The second-order valence-electron chi connectivity index (χ2n) is 5.87. The molecule has 0 unspecified atom stereocenters. The molecule has 0 fully saturated rings. The molecule has 0 N–H and O–H groups in total. The third-order valence-electron chi connectivity index (χ3n) is 3.66. The quantitative estimate of drug-likeness (QED) is 0.603. The first-order valence-electron chi connectivity index (χ1n) is 8.11. The van der Waals surface area contributed by atoms with Crippen LogP contribution in [0.4, 0.5) is 8.78 Å². The smallest absolute Gasteiger partial charge is 0.387 e. The summed E-state index contributed by atoms with van der Waals surface area (Å²) in [5, 5.41) is 3.89. The van der Waals surface area contributed by atoms with Gasteiger partial charge in [0, 0.05) is 5.56 Å². The number of rotatable bonds is 7. The molecule has 142 valence electrons. The van der Waals surface area contributed by atoms with Crippen molar-refractivity contribution in [2.24, 2.45) is 0 Å². The third-order valence-corrected chi connectivity index (χ3v) is 3.66. The zero-order valence-electron chi connectivity index (χ0n) is 15.0. The average Bonchev–Trinajstić information content (AvgIpc) is 3.08. The highest BCUT2D eigenvalue weighted by atomic mass is 19.3. The molecule has 0 amide bonds. The normalized spacial score (nSPS) is 10.9. The van der Waals surface area contributed by atoms with Gasteiger partial charge >= 0.3 is 6.61 Å². The van der Waals surface area contributed by atoms with Crippen LogP contribution in [0.25, 0.3) is 11.4 Å². The highest BCUT2D eigenvalue weighted by Gasteiger charge is 2.15. The van der Waals surface area contributed by atoms with E-state index in [9.17, 15) is 8.78 Å². The minimum atomic E-state index is -2.94. The summed E-state index contributed by atoms with van der Waals surface area (Å²) in [5.74, 6) is 1.36. The first-order chi connectivity index (χ1) is 12.9. The minimum absolute atomic E-state index is 0.0712. The van der Waals surface area contributed by atoms with E-state index < -0.39 is 6.61 Å². The SMILES string of the molecule is COc1cc(-c2noc(COc3cc(C)cc(C)c3)n2)ccc1OC(F)F. The second kappa shape index (κ2) is 8.03. The largest absolute Gasteiger partial charge is 0.493 e. The summed E-state index contributed by atoms with van der Waals surface area (Å²) in [4.78, 5) is 4.26. The van der Waals surface area contributed by atoms with E-state index >= 15 is 0 Å². The molecule has 0 aliphatic carbocycles. The Morgan fingerprint density at radius 1 is 1.04 bits per heavy atom. The molecule has 3 rings (SSSR count). The van der Waals surface area contributed by atoms with Gasteiger partial charge in [0.15, 0.2) is 18.1 Å². The molecular formula is C19H18F2N2O4. The highest BCUT2D eigenvalue weighted by molar-refractivity contribution is 5.60. The molecule has 0 saturated carbocycles. The van der Waals surface area contributed by atoms with Gasteiger partial charge in [-0.2, -0.15) is 13.8 Å². The van der Waals surface area contributed by atoms with E-state index in [1.807, 2.05) is 32.0 Å². The summed E-state index contributed by atoms with van der Waals surface area (Å²) >= 11 is 0. The molecule has 0 radical (unpaired) electrons. The number of aryl methyl sites for hydroxylation is 2.